The predicted molar refractivity (Wildman–Crippen MR) is 110 cm³/mol. The predicted octanol–water partition coefficient (Wildman–Crippen LogP) is 4.52. The maximum absolute atomic E-state index is 11.1. The third kappa shape index (κ3) is 4.45. The van der Waals surface area contributed by atoms with Crippen LogP contribution in [-0.2, 0) is 4.79 Å². The summed E-state index contributed by atoms with van der Waals surface area (Å²) in [4.78, 5) is 13.7. The molecule has 0 N–H and O–H groups in total. The van der Waals surface area contributed by atoms with E-state index in [1.54, 1.807) is 12.3 Å². The molecular formula is C24H27NO3. The van der Waals surface area contributed by atoms with Gasteiger partial charge in [0.15, 0.2) is 0 Å². The first-order valence-corrected chi connectivity index (χ1v) is 10.2. The van der Waals surface area contributed by atoms with Crippen molar-refractivity contribution in [3.63, 3.8) is 0 Å². The minimum Gasteiger partial charge on any atom is -0.493 e. The molecule has 0 amide bonds. The number of piperidine rings is 1. The van der Waals surface area contributed by atoms with Crippen molar-refractivity contribution in [2.75, 3.05) is 26.2 Å². The van der Waals surface area contributed by atoms with Crippen molar-refractivity contribution in [1.29, 1.82) is 0 Å². The van der Waals surface area contributed by atoms with Crippen LogP contribution >= 0.6 is 0 Å². The summed E-state index contributed by atoms with van der Waals surface area (Å²) in [6.45, 7) is 4.07. The van der Waals surface area contributed by atoms with Crippen LogP contribution in [0.2, 0.25) is 0 Å². The Labute approximate surface area is 166 Å². The van der Waals surface area contributed by atoms with E-state index in [1.165, 1.54) is 18.4 Å². The molecule has 2 aliphatic rings. The second-order valence-electron chi connectivity index (χ2n) is 7.54. The van der Waals surface area contributed by atoms with Gasteiger partial charge in [-0.1, -0.05) is 36.4 Å². The van der Waals surface area contributed by atoms with Gasteiger partial charge in [0.05, 0.1) is 18.8 Å². The normalized spacial score (nSPS) is 19.6. The molecule has 0 bridgehead atoms. The number of rotatable bonds is 7. The highest BCUT2D eigenvalue weighted by Gasteiger charge is 2.20. The zero-order valence-corrected chi connectivity index (χ0v) is 16.1. The lowest BCUT2D eigenvalue weighted by molar-refractivity contribution is -0.108. The Morgan fingerprint density at radius 3 is 2.71 bits per heavy atom. The minimum atomic E-state index is -0.225. The van der Waals surface area contributed by atoms with Crippen molar-refractivity contribution in [3.05, 3.63) is 72.0 Å². The van der Waals surface area contributed by atoms with Gasteiger partial charge in [-0.2, -0.15) is 0 Å². The lowest BCUT2D eigenvalue weighted by Crippen LogP contribution is -2.34. The fraction of sp³-hybridized carbons (Fsp3) is 0.375. The van der Waals surface area contributed by atoms with Crippen molar-refractivity contribution in [2.45, 2.75) is 31.1 Å². The van der Waals surface area contributed by atoms with Gasteiger partial charge in [-0.3, -0.25) is 0 Å². The third-order valence-corrected chi connectivity index (χ3v) is 5.72. The van der Waals surface area contributed by atoms with Crippen molar-refractivity contribution in [3.8, 4) is 11.5 Å². The van der Waals surface area contributed by atoms with Crippen LogP contribution in [0.15, 0.2) is 60.9 Å². The minimum absolute atomic E-state index is 0.225. The Hall–Kier alpha value is -2.59. The zero-order chi connectivity index (χ0) is 19.2. The molecule has 2 aromatic rings. The van der Waals surface area contributed by atoms with E-state index in [4.69, 9.17) is 9.47 Å². The summed E-state index contributed by atoms with van der Waals surface area (Å²) in [7, 11) is 0. The number of ether oxygens (including phenoxy) is 2. The van der Waals surface area contributed by atoms with Gasteiger partial charge in [0.25, 0.3) is 0 Å². The number of carbonyl (C=O) groups excluding carboxylic acids is 1. The molecule has 28 heavy (non-hydrogen) atoms. The van der Waals surface area contributed by atoms with E-state index in [9.17, 15) is 4.79 Å². The molecule has 1 fully saturated rings. The van der Waals surface area contributed by atoms with E-state index >= 15 is 0 Å². The molecule has 4 heteroatoms. The van der Waals surface area contributed by atoms with Gasteiger partial charge in [0.2, 0.25) is 0 Å². The number of fused-ring (bicyclic) bond motifs is 1. The summed E-state index contributed by atoms with van der Waals surface area (Å²) >= 11 is 0. The molecule has 0 saturated carbocycles. The maximum Gasteiger partial charge on any atom is 0.134 e. The molecule has 4 rings (SSSR count). The van der Waals surface area contributed by atoms with E-state index in [-0.39, 0.29) is 5.92 Å². The number of aldehydes is 1. The van der Waals surface area contributed by atoms with Crippen LogP contribution in [0.4, 0.5) is 0 Å². The zero-order valence-electron chi connectivity index (χ0n) is 16.1. The lowest BCUT2D eigenvalue weighted by Gasteiger charge is -2.32. The number of carbonyl (C=O) groups is 1. The van der Waals surface area contributed by atoms with Crippen LogP contribution in [0.25, 0.3) is 0 Å². The monoisotopic (exact) mass is 377 g/mol. The third-order valence-electron chi connectivity index (χ3n) is 5.72. The Balaban J connectivity index is 1.19. The molecule has 2 heterocycles. The summed E-state index contributed by atoms with van der Waals surface area (Å²) in [5.41, 5.74) is 2.37. The number of hydrogen-bond acceptors (Lipinski definition) is 4. The molecule has 1 unspecified atom stereocenters. The van der Waals surface area contributed by atoms with Gasteiger partial charge < -0.3 is 19.2 Å². The van der Waals surface area contributed by atoms with Crippen molar-refractivity contribution >= 4 is 6.29 Å². The van der Waals surface area contributed by atoms with Crippen LogP contribution in [-0.4, -0.2) is 37.4 Å². The first-order chi connectivity index (χ1) is 13.8. The fourth-order valence-corrected chi connectivity index (χ4v) is 4.09. The van der Waals surface area contributed by atoms with Crippen molar-refractivity contribution < 1.29 is 14.3 Å². The van der Waals surface area contributed by atoms with Crippen molar-refractivity contribution in [1.82, 2.24) is 4.90 Å². The van der Waals surface area contributed by atoms with Crippen LogP contribution in [0.3, 0.4) is 0 Å². The van der Waals surface area contributed by atoms with Gasteiger partial charge in [0, 0.05) is 18.2 Å². The number of hydrogen-bond donors (Lipinski definition) is 0. The first kappa shape index (κ1) is 18.8. The van der Waals surface area contributed by atoms with Gasteiger partial charge >= 0.3 is 0 Å². The van der Waals surface area contributed by atoms with E-state index in [2.05, 4.69) is 35.2 Å². The summed E-state index contributed by atoms with van der Waals surface area (Å²) in [6.07, 6.45) is 7.74. The Bertz CT molecular complexity index is 810. The number of allylic oxidation sites excluding steroid dienone is 1. The second kappa shape index (κ2) is 9.07. The standard InChI is InChI=1S/C24H27NO3/c26-18-21-11-16-28-24-17-22(7-8-23(21)24)27-15-4-12-25-13-9-20(10-14-25)19-5-2-1-3-6-19/h1-3,5-8,11,16-18,20-21H,4,9-10,12-15H2. The quantitative estimate of drug-likeness (QED) is 0.525. The SMILES string of the molecule is O=CC1C=COc2cc(OCCCN3CCC(c4ccccc4)CC3)ccc21. The Morgan fingerprint density at radius 1 is 1.11 bits per heavy atom. The highest BCUT2D eigenvalue weighted by atomic mass is 16.5. The highest BCUT2D eigenvalue weighted by molar-refractivity contribution is 5.68. The molecule has 0 spiro atoms. The van der Waals surface area contributed by atoms with E-state index in [0.717, 1.165) is 43.7 Å². The summed E-state index contributed by atoms with van der Waals surface area (Å²) in [5.74, 6) is 1.98. The smallest absolute Gasteiger partial charge is 0.134 e. The largest absolute Gasteiger partial charge is 0.493 e. The molecule has 0 aromatic heterocycles. The summed E-state index contributed by atoms with van der Waals surface area (Å²) < 4.78 is 11.4. The Morgan fingerprint density at radius 2 is 1.93 bits per heavy atom. The van der Waals surface area contributed by atoms with E-state index in [1.807, 2.05) is 18.2 Å². The molecule has 0 aliphatic carbocycles. The highest BCUT2D eigenvalue weighted by Crippen LogP contribution is 2.34. The average molecular weight is 377 g/mol. The number of likely N-dealkylation sites (tertiary alicyclic amines) is 1. The van der Waals surface area contributed by atoms with Gasteiger partial charge in [0.1, 0.15) is 17.8 Å². The van der Waals surface area contributed by atoms with Gasteiger partial charge in [-0.05, 0) is 56.0 Å². The molecule has 146 valence electrons. The van der Waals surface area contributed by atoms with Crippen LogP contribution in [0.5, 0.6) is 11.5 Å². The lowest BCUT2D eigenvalue weighted by atomic mass is 9.89. The molecule has 1 atom stereocenters. The molecule has 0 radical (unpaired) electrons. The molecule has 2 aliphatic heterocycles. The molecular weight excluding hydrogens is 350 g/mol. The van der Waals surface area contributed by atoms with E-state index in [0.29, 0.717) is 18.3 Å². The molecule has 4 nitrogen and oxygen atoms in total. The van der Waals surface area contributed by atoms with Gasteiger partial charge in [-0.25, -0.2) is 0 Å². The van der Waals surface area contributed by atoms with Crippen LogP contribution < -0.4 is 9.47 Å². The van der Waals surface area contributed by atoms with E-state index < -0.39 is 0 Å². The summed E-state index contributed by atoms with van der Waals surface area (Å²) in [6, 6.07) is 16.6. The second-order valence-corrected chi connectivity index (χ2v) is 7.54. The number of nitrogens with zero attached hydrogens (tertiary/aromatic N) is 1. The topological polar surface area (TPSA) is 38.8 Å². The summed E-state index contributed by atoms with van der Waals surface area (Å²) in [5, 5.41) is 0. The number of benzene rings is 2. The molecule has 2 aromatic carbocycles. The Kier molecular flexibility index (Phi) is 6.07. The van der Waals surface area contributed by atoms with Crippen LogP contribution in [0, 0.1) is 0 Å². The van der Waals surface area contributed by atoms with Crippen molar-refractivity contribution in [2.24, 2.45) is 0 Å². The van der Waals surface area contributed by atoms with Gasteiger partial charge in [-0.15, -0.1) is 0 Å². The maximum atomic E-state index is 11.1. The first-order valence-electron chi connectivity index (χ1n) is 10.2. The fourth-order valence-electron chi connectivity index (χ4n) is 4.09. The average Bonchev–Trinajstić information content (AvgIpc) is 2.77. The van der Waals surface area contributed by atoms with Crippen LogP contribution in [0.1, 0.15) is 42.2 Å². The molecule has 1 saturated heterocycles.